The molecule has 0 radical (unpaired) electrons. The maximum atomic E-state index is 11.7. The molecule has 1 atom stereocenters. The third-order valence-electron chi connectivity index (χ3n) is 2.29. The fraction of sp³-hybridized carbons (Fsp3) is 0.364. The summed E-state index contributed by atoms with van der Waals surface area (Å²) in [5, 5.41) is 9.56. The zero-order valence-corrected chi connectivity index (χ0v) is 9.84. The Kier molecular flexibility index (Phi) is 3.69. The largest absolute Gasteiger partial charge is 0.507 e. The summed E-state index contributed by atoms with van der Waals surface area (Å²) >= 11 is 3.23. The van der Waals surface area contributed by atoms with Gasteiger partial charge in [0.25, 0.3) is 0 Å². The first kappa shape index (κ1) is 11.2. The van der Waals surface area contributed by atoms with Crippen LogP contribution in [-0.2, 0) is 0 Å². The van der Waals surface area contributed by atoms with Crippen molar-refractivity contribution in [3.63, 3.8) is 0 Å². The van der Waals surface area contributed by atoms with Gasteiger partial charge in [-0.2, -0.15) is 0 Å². The molecule has 0 aliphatic rings. The van der Waals surface area contributed by atoms with E-state index in [-0.39, 0.29) is 17.5 Å². The van der Waals surface area contributed by atoms with Gasteiger partial charge in [0.05, 0.1) is 5.56 Å². The van der Waals surface area contributed by atoms with E-state index >= 15 is 0 Å². The Balaban J connectivity index is 3.02. The Bertz CT molecular complexity index is 347. The number of benzene rings is 1. The summed E-state index contributed by atoms with van der Waals surface area (Å²) in [6.07, 6.45) is 0.786. The van der Waals surface area contributed by atoms with Crippen molar-refractivity contribution in [1.82, 2.24) is 0 Å². The molecular weight excluding hydrogens is 244 g/mol. The molecule has 1 aromatic carbocycles. The summed E-state index contributed by atoms with van der Waals surface area (Å²) in [6.45, 7) is 3.82. The summed E-state index contributed by atoms with van der Waals surface area (Å²) < 4.78 is 0.774. The number of hydrogen-bond donors (Lipinski definition) is 1. The topological polar surface area (TPSA) is 37.3 Å². The highest BCUT2D eigenvalue weighted by Crippen LogP contribution is 2.25. The van der Waals surface area contributed by atoms with Crippen LogP contribution in [0, 0.1) is 5.92 Å². The lowest BCUT2D eigenvalue weighted by Crippen LogP contribution is -2.10. The van der Waals surface area contributed by atoms with Gasteiger partial charge in [-0.25, -0.2) is 0 Å². The zero-order valence-electron chi connectivity index (χ0n) is 8.25. The summed E-state index contributed by atoms with van der Waals surface area (Å²) in [7, 11) is 0. The number of hydrogen-bond acceptors (Lipinski definition) is 2. The molecule has 1 rings (SSSR count). The van der Waals surface area contributed by atoms with Crippen molar-refractivity contribution in [2.45, 2.75) is 20.3 Å². The van der Waals surface area contributed by atoms with Crippen LogP contribution in [0.2, 0.25) is 0 Å². The molecule has 0 heterocycles. The SMILES string of the molecule is CCC(C)C(=O)c1ccc(Br)cc1O. The van der Waals surface area contributed by atoms with Gasteiger partial charge in [-0.15, -0.1) is 0 Å². The summed E-state index contributed by atoms with van der Waals surface area (Å²) in [4.78, 5) is 11.7. The minimum absolute atomic E-state index is 0.00231. The minimum atomic E-state index is -0.0397. The van der Waals surface area contributed by atoms with Gasteiger partial charge in [0.1, 0.15) is 5.75 Å². The first-order valence-electron chi connectivity index (χ1n) is 4.59. The molecular formula is C11H13BrO2. The standard InChI is InChI=1S/C11H13BrO2/c1-3-7(2)11(14)9-5-4-8(12)6-10(9)13/h4-7,13H,3H2,1-2H3. The molecule has 3 heteroatoms. The second kappa shape index (κ2) is 4.60. The number of carbonyl (C=O) groups excluding carboxylic acids is 1. The fourth-order valence-electron chi connectivity index (χ4n) is 1.16. The maximum Gasteiger partial charge on any atom is 0.169 e. The molecule has 0 saturated heterocycles. The molecule has 0 amide bonds. The molecule has 0 aliphatic carbocycles. The van der Waals surface area contributed by atoms with Crippen LogP contribution < -0.4 is 0 Å². The summed E-state index contributed by atoms with van der Waals surface area (Å²) in [6, 6.07) is 4.94. The van der Waals surface area contributed by atoms with E-state index in [4.69, 9.17) is 0 Å². The second-order valence-corrected chi connectivity index (χ2v) is 4.25. The van der Waals surface area contributed by atoms with Crippen molar-refractivity contribution >= 4 is 21.7 Å². The van der Waals surface area contributed by atoms with E-state index in [1.165, 1.54) is 6.07 Å². The lowest BCUT2D eigenvalue weighted by molar-refractivity contribution is 0.0924. The van der Waals surface area contributed by atoms with Crippen molar-refractivity contribution in [2.24, 2.45) is 5.92 Å². The lowest BCUT2D eigenvalue weighted by Gasteiger charge is -2.08. The van der Waals surface area contributed by atoms with Gasteiger partial charge in [-0.1, -0.05) is 29.8 Å². The van der Waals surface area contributed by atoms with E-state index in [2.05, 4.69) is 15.9 Å². The Labute approximate surface area is 92.1 Å². The number of phenols is 1. The van der Waals surface area contributed by atoms with Crippen molar-refractivity contribution in [1.29, 1.82) is 0 Å². The molecule has 0 spiro atoms. The molecule has 0 aliphatic heterocycles. The van der Waals surface area contributed by atoms with E-state index in [0.717, 1.165) is 10.9 Å². The minimum Gasteiger partial charge on any atom is -0.507 e. The molecule has 0 aromatic heterocycles. The average Bonchev–Trinajstić information content (AvgIpc) is 2.15. The normalized spacial score (nSPS) is 12.5. The first-order valence-corrected chi connectivity index (χ1v) is 5.38. The van der Waals surface area contributed by atoms with Crippen LogP contribution >= 0.6 is 15.9 Å². The molecule has 14 heavy (non-hydrogen) atoms. The highest BCUT2D eigenvalue weighted by atomic mass is 79.9. The predicted molar refractivity (Wildman–Crippen MR) is 59.6 cm³/mol. The number of rotatable bonds is 3. The summed E-state index contributed by atoms with van der Waals surface area (Å²) in [5.41, 5.74) is 0.405. The maximum absolute atomic E-state index is 11.7. The van der Waals surface area contributed by atoms with Gasteiger partial charge in [0.2, 0.25) is 0 Å². The Morgan fingerprint density at radius 3 is 2.71 bits per heavy atom. The number of halogens is 1. The monoisotopic (exact) mass is 256 g/mol. The van der Waals surface area contributed by atoms with Crippen molar-refractivity contribution in [3.8, 4) is 5.75 Å². The van der Waals surface area contributed by atoms with Gasteiger partial charge >= 0.3 is 0 Å². The van der Waals surface area contributed by atoms with E-state index in [9.17, 15) is 9.90 Å². The van der Waals surface area contributed by atoms with E-state index < -0.39 is 0 Å². The van der Waals surface area contributed by atoms with E-state index in [1.54, 1.807) is 12.1 Å². The number of aromatic hydroxyl groups is 1. The third kappa shape index (κ3) is 2.35. The number of phenolic OH excluding ortho intramolecular Hbond substituents is 1. The van der Waals surface area contributed by atoms with Crippen molar-refractivity contribution < 1.29 is 9.90 Å². The number of carbonyl (C=O) groups is 1. The molecule has 76 valence electrons. The Morgan fingerprint density at radius 1 is 1.57 bits per heavy atom. The van der Waals surface area contributed by atoms with Gasteiger partial charge in [-0.3, -0.25) is 4.79 Å². The van der Waals surface area contributed by atoms with Crippen LogP contribution in [0.5, 0.6) is 5.75 Å². The van der Waals surface area contributed by atoms with Crippen LogP contribution in [0.3, 0.4) is 0 Å². The van der Waals surface area contributed by atoms with Crippen molar-refractivity contribution in [2.75, 3.05) is 0 Å². The molecule has 0 saturated carbocycles. The van der Waals surface area contributed by atoms with Crippen LogP contribution in [0.15, 0.2) is 22.7 Å². The number of ketones is 1. The lowest BCUT2D eigenvalue weighted by atomic mass is 9.97. The van der Waals surface area contributed by atoms with Gasteiger partial charge in [0.15, 0.2) is 5.78 Å². The molecule has 1 N–H and O–H groups in total. The Morgan fingerprint density at radius 2 is 2.21 bits per heavy atom. The van der Waals surface area contributed by atoms with E-state index in [1.807, 2.05) is 13.8 Å². The van der Waals surface area contributed by atoms with Gasteiger partial charge < -0.3 is 5.11 Å². The quantitative estimate of drug-likeness (QED) is 0.843. The van der Waals surface area contributed by atoms with Crippen LogP contribution in [0.1, 0.15) is 30.6 Å². The fourth-order valence-corrected chi connectivity index (χ4v) is 1.51. The molecule has 1 aromatic rings. The van der Waals surface area contributed by atoms with E-state index in [0.29, 0.717) is 5.56 Å². The van der Waals surface area contributed by atoms with Crippen LogP contribution in [-0.4, -0.2) is 10.9 Å². The smallest absolute Gasteiger partial charge is 0.169 e. The first-order chi connectivity index (χ1) is 6.56. The Hall–Kier alpha value is -0.830. The van der Waals surface area contributed by atoms with Crippen LogP contribution in [0.4, 0.5) is 0 Å². The molecule has 0 fully saturated rings. The highest BCUT2D eigenvalue weighted by molar-refractivity contribution is 9.10. The molecule has 0 bridgehead atoms. The van der Waals surface area contributed by atoms with Crippen molar-refractivity contribution in [3.05, 3.63) is 28.2 Å². The summed E-state index contributed by atoms with van der Waals surface area (Å²) in [5.74, 6) is 0.00394. The molecule has 1 unspecified atom stereocenters. The van der Waals surface area contributed by atoms with Gasteiger partial charge in [0, 0.05) is 10.4 Å². The highest BCUT2D eigenvalue weighted by Gasteiger charge is 2.16. The predicted octanol–water partition coefficient (Wildman–Crippen LogP) is 3.38. The molecule has 2 nitrogen and oxygen atoms in total. The van der Waals surface area contributed by atoms with Gasteiger partial charge in [-0.05, 0) is 24.6 Å². The number of Topliss-reactive ketones (excluding diaryl/α,β-unsaturated/α-hetero) is 1. The van der Waals surface area contributed by atoms with Crippen LogP contribution in [0.25, 0.3) is 0 Å². The third-order valence-corrected chi connectivity index (χ3v) is 2.78. The second-order valence-electron chi connectivity index (χ2n) is 3.34. The zero-order chi connectivity index (χ0) is 10.7. The average molecular weight is 257 g/mol.